The highest BCUT2D eigenvalue weighted by Gasteiger charge is 2.46. The van der Waals surface area contributed by atoms with Gasteiger partial charge in [-0.05, 0) is 54.9 Å². The van der Waals surface area contributed by atoms with Crippen LogP contribution in [0.25, 0.3) is 0 Å². The SMILES string of the molecule is CC(=O)NCc1c2c(nn1CCC1CC1)C[C@]1(CCc3cc(OCCCC(F)(F)F)ccc31)NC2=O. The summed E-state index contributed by atoms with van der Waals surface area (Å²) >= 11 is 0. The summed E-state index contributed by atoms with van der Waals surface area (Å²) in [5, 5.41) is 10.9. The highest BCUT2D eigenvalue weighted by molar-refractivity contribution is 5.98. The molecular formula is C26H31F3N4O3. The molecule has 0 radical (unpaired) electrons. The van der Waals surface area contributed by atoms with E-state index in [0.717, 1.165) is 41.9 Å². The molecule has 1 aromatic heterocycles. The minimum Gasteiger partial charge on any atom is -0.494 e. The third kappa shape index (κ3) is 5.22. The van der Waals surface area contributed by atoms with Gasteiger partial charge in [0.15, 0.2) is 0 Å². The number of nitrogens with zero attached hydrogens (tertiary/aromatic N) is 2. The van der Waals surface area contributed by atoms with Crippen LogP contribution in [0, 0.1) is 5.92 Å². The Morgan fingerprint density at radius 2 is 2.14 bits per heavy atom. The smallest absolute Gasteiger partial charge is 0.389 e. The van der Waals surface area contributed by atoms with E-state index in [1.54, 1.807) is 6.07 Å². The fourth-order valence-corrected chi connectivity index (χ4v) is 5.42. The van der Waals surface area contributed by atoms with Gasteiger partial charge in [0.05, 0.1) is 35.6 Å². The first-order valence-corrected chi connectivity index (χ1v) is 12.6. The Morgan fingerprint density at radius 3 is 2.86 bits per heavy atom. The summed E-state index contributed by atoms with van der Waals surface area (Å²) in [6.07, 6.45) is 0.323. The first-order valence-electron chi connectivity index (χ1n) is 12.6. The second kappa shape index (κ2) is 9.44. The average Bonchev–Trinajstić information content (AvgIpc) is 3.49. The van der Waals surface area contributed by atoms with Crippen molar-refractivity contribution in [2.45, 2.75) is 83.1 Å². The molecule has 1 fully saturated rings. The van der Waals surface area contributed by atoms with Crippen molar-refractivity contribution in [3.8, 4) is 5.75 Å². The predicted molar refractivity (Wildman–Crippen MR) is 125 cm³/mol. The van der Waals surface area contributed by atoms with Crippen LogP contribution >= 0.6 is 0 Å². The summed E-state index contributed by atoms with van der Waals surface area (Å²) in [5.74, 6) is 0.909. The summed E-state index contributed by atoms with van der Waals surface area (Å²) in [7, 11) is 0. The van der Waals surface area contributed by atoms with Gasteiger partial charge < -0.3 is 15.4 Å². The standard InChI is InChI=1S/C26H31F3N4O3/c1-16(34)30-15-22-23-21(32-33(22)11-8-17-3-4-17)14-25(31-24(23)35)10-7-18-13-19(5-6-20(18)25)36-12-2-9-26(27,28)29/h5-6,13,17H,2-4,7-12,14-15H2,1H3,(H,30,34)(H,31,35)/t25-/m0/s1. The molecule has 2 aliphatic carbocycles. The second-order valence-corrected chi connectivity index (χ2v) is 10.2. The normalized spacial score (nSPS) is 20.7. The van der Waals surface area contributed by atoms with Gasteiger partial charge in [-0.15, -0.1) is 0 Å². The highest BCUT2D eigenvalue weighted by atomic mass is 19.4. The second-order valence-electron chi connectivity index (χ2n) is 10.2. The Kier molecular flexibility index (Phi) is 6.46. The van der Waals surface area contributed by atoms with E-state index in [1.165, 1.54) is 19.8 Å². The number of carbonyl (C=O) groups excluding carboxylic acids is 2. The molecule has 2 heterocycles. The van der Waals surface area contributed by atoms with Gasteiger partial charge in [-0.1, -0.05) is 18.9 Å². The number of hydrogen-bond donors (Lipinski definition) is 2. The van der Waals surface area contributed by atoms with E-state index in [0.29, 0.717) is 30.1 Å². The zero-order valence-electron chi connectivity index (χ0n) is 20.3. The Hall–Kier alpha value is -3.04. The van der Waals surface area contributed by atoms with Crippen LogP contribution < -0.4 is 15.4 Å². The highest BCUT2D eigenvalue weighted by Crippen LogP contribution is 2.44. The molecule has 0 unspecified atom stereocenters. The van der Waals surface area contributed by atoms with Gasteiger partial charge in [0, 0.05) is 26.3 Å². The number of benzene rings is 1. The van der Waals surface area contributed by atoms with E-state index >= 15 is 0 Å². The van der Waals surface area contributed by atoms with E-state index in [4.69, 9.17) is 9.84 Å². The third-order valence-electron chi connectivity index (χ3n) is 7.42. The molecule has 1 aliphatic heterocycles. The van der Waals surface area contributed by atoms with Crippen LogP contribution in [-0.2, 0) is 36.3 Å². The molecule has 2 amide bonds. The summed E-state index contributed by atoms with van der Waals surface area (Å²) < 4.78 is 44.6. The summed E-state index contributed by atoms with van der Waals surface area (Å²) in [6.45, 7) is 2.43. The number of rotatable bonds is 9. The van der Waals surface area contributed by atoms with E-state index < -0.39 is 18.1 Å². The number of halogens is 3. The minimum absolute atomic E-state index is 0.00109. The maximum Gasteiger partial charge on any atom is 0.389 e. The molecule has 1 saturated carbocycles. The zero-order chi connectivity index (χ0) is 25.5. The number of carbonyl (C=O) groups is 2. The predicted octanol–water partition coefficient (Wildman–Crippen LogP) is 4.17. The molecule has 5 rings (SSSR count). The summed E-state index contributed by atoms with van der Waals surface area (Å²) in [4.78, 5) is 25.0. The molecule has 10 heteroatoms. The monoisotopic (exact) mass is 504 g/mol. The summed E-state index contributed by atoms with van der Waals surface area (Å²) in [6, 6.07) is 5.54. The van der Waals surface area contributed by atoms with E-state index in [9.17, 15) is 22.8 Å². The molecule has 1 aromatic carbocycles. The molecule has 36 heavy (non-hydrogen) atoms. The van der Waals surface area contributed by atoms with Crippen LogP contribution in [-0.4, -0.2) is 34.4 Å². The van der Waals surface area contributed by atoms with Gasteiger partial charge in [0.2, 0.25) is 5.91 Å². The van der Waals surface area contributed by atoms with Crippen LogP contribution in [0.1, 0.15) is 78.3 Å². The topological polar surface area (TPSA) is 85.2 Å². The Balaban J connectivity index is 1.35. The maximum absolute atomic E-state index is 13.4. The van der Waals surface area contributed by atoms with Crippen molar-refractivity contribution in [3.63, 3.8) is 0 Å². The average molecular weight is 505 g/mol. The van der Waals surface area contributed by atoms with Crippen LogP contribution in [0.5, 0.6) is 5.75 Å². The quantitative estimate of drug-likeness (QED) is 0.502. The lowest BCUT2D eigenvalue weighted by atomic mass is 9.82. The number of alkyl halides is 3. The molecule has 194 valence electrons. The number of aryl methyl sites for hydroxylation is 2. The van der Waals surface area contributed by atoms with Gasteiger partial charge in [-0.25, -0.2) is 0 Å². The first kappa shape index (κ1) is 24.6. The van der Waals surface area contributed by atoms with Crippen molar-refractivity contribution < 1.29 is 27.5 Å². The molecule has 2 aromatic rings. The lowest BCUT2D eigenvalue weighted by Gasteiger charge is -2.35. The molecule has 0 bridgehead atoms. The van der Waals surface area contributed by atoms with E-state index in [-0.39, 0.29) is 31.4 Å². The van der Waals surface area contributed by atoms with Crippen molar-refractivity contribution in [1.29, 1.82) is 0 Å². The van der Waals surface area contributed by atoms with Crippen molar-refractivity contribution in [2.75, 3.05) is 6.61 Å². The van der Waals surface area contributed by atoms with Crippen molar-refractivity contribution in [1.82, 2.24) is 20.4 Å². The van der Waals surface area contributed by atoms with Crippen molar-refractivity contribution in [3.05, 3.63) is 46.3 Å². The fraction of sp³-hybridized carbons (Fsp3) is 0.577. The van der Waals surface area contributed by atoms with Gasteiger partial charge in [0.1, 0.15) is 5.75 Å². The fourth-order valence-electron chi connectivity index (χ4n) is 5.42. The Labute approximate surface area is 207 Å². The summed E-state index contributed by atoms with van der Waals surface area (Å²) in [5.41, 5.74) is 3.50. The molecule has 1 spiro atoms. The lowest BCUT2D eigenvalue weighted by Crippen LogP contribution is -2.50. The maximum atomic E-state index is 13.4. The third-order valence-corrected chi connectivity index (χ3v) is 7.42. The van der Waals surface area contributed by atoms with Gasteiger partial charge in [-0.2, -0.15) is 18.3 Å². The van der Waals surface area contributed by atoms with Gasteiger partial charge >= 0.3 is 6.18 Å². The zero-order valence-corrected chi connectivity index (χ0v) is 20.3. The number of hydrogen-bond acceptors (Lipinski definition) is 4. The van der Waals surface area contributed by atoms with Gasteiger partial charge in [-0.3, -0.25) is 14.3 Å². The molecule has 7 nitrogen and oxygen atoms in total. The van der Waals surface area contributed by atoms with Gasteiger partial charge in [0.25, 0.3) is 5.91 Å². The Bertz CT molecular complexity index is 1170. The molecule has 2 N–H and O–H groups in total. The molecule has 1 atom stereocenters. The van der Waals surface area contributed by atoms with E-state index in [1.807, 2.05) is 16.8 Å². The lowest BCUT2D eigenvalue weighted by molar-refractivity contribution is -0.136. The van der Waals surface area contributed by atoms with Crippen LogP contribution in [0.3, 0.4) is 0 Å². The number of ether oxygens (including phenoxy) is 1. The molecular weight excluding hydrogens is 473 g/mol. The van der Waals surface area contributed by atoms with Crippen LogP contribution in [0.15, 0.2) is 18.2 Å². The van der Waals surface area contributed by atoms with E-state index in [2.05, 4.69) is 10.6 Å². The van der Waals surface area contributed by atoms with Crippen LogP contribution in [0.2, 0.25) is 0 Å². The van der Waals surface area contributed by atoms with Crippen LogP contribution in [0.4, 0.5) is 13.2 Å². The minimum atomic E-state index is -4.18. The van der Waals surface area contributed by atoms with Crippen molar-refractivity contribution in [2.24, 2.45) is 5.92 Å². The number of amides is 2. The number of nitrogens with one attached hydrogen (secondary N) is 2. The largest absolute Gasteiger partial charge is 0.494 e. The first-order chi connectivity index (χ1) is 17.1. The number of aromatic nitrogens is 2. The number of fused-ring (bicyclic) bond motifs is 3. The molecule has 3 aliphatic rings. The van der Waals surface area contributed by atoms with Crippen molar-refractivity contribution >= 4 is 11.8 Å². The Morgan fingerprint density at radius 1 is 1.33 bits per heavy atom. The molecule has 0 saturated heterocycles.